The molecule has 0 aliphatic rings. The smallest absolute Gasteiger partial charge is 0.260 e. The van der Waals surface area contributed by atoms with Gasteiger partial charge in [-0.2, -0.15) is 0 Å². The van der Waals surface area contributed by atoms with Gasteiger partial charge in [0.2, 0.25) is 5.91 Å². The number of amides is 2. The van der Waals surface area contributed by atoms with Crippen LogP contribution >= 0.6 is 0 Å². The maximum absolute atomic E-state index is 12.6. The lowest BCUT2D eigenvalue weighted by Crippen LogP contribution is -2.36. The predicted molar refractivity (Wildman–Crippen MR) is 102 cm³/mol. The predicted octanol–water partition coefficient (Wildman–Crippen LogP) is 3.09. The van der Waals surface area contributed by atoms with E-state index in [2.05, 4.69) is 13.8 Å². The molecule has 2 aromatic rings. The number of carbonyl (C=O) groups excluding carboxylic acids is 2. The normalized spacial score (nSPS) is 10.6. The SMILES string of the molecule is CC(C)c1ccc(OCC(=O)N(CCC(N)=O)Cc2ccccc2)cc1. The zero-order valence-electron chi connectivity index (χ0n) is 15.4. The van der Waals surface area contributed by atoms with Gasteiger partial charge in [0.05, 0.1) is 0 Å². The first kappa shape index (κ1) is 19.5. The molecule has 2 rings (SSSR count). The fourth-order valence-electron chi connectivity index (χ4n) is 2.53. The average molecular weight is 354 g/mol. The molecule has 0 aromatic heterocycles. The number of hydrogen-bond donors (Lipinski definition) is 1. The quantitative estimate of drug-likeness (QED) is 0.752. The minimum atomic E-state index is -0.430. The maximum atomic E-state index is 12.6. The van der Waals surface area contributed by atoms with Crippen molar-refractivity contribution in [2.45, 2.75) is 32.7 Å². The molecule has 0 aliphatic heterocycles. The molecule has 0 saturated carbocycles. The molecule has 0 bridgehead atoms. The summed E-state index contributed by atoms with van der Waals surface area (Å²) < 4.78 is 5.62. The first-order valence-corrected chi connectivity index (χ1v) is 8.78. The van der Waals surface area contributed by atoms with Crippen LogP contribution in [0.5, 0.6) is 5.75 Å². The molecule has 0 fully saturated rings. The highest BCUT2D eigenvalue weighted by Gasteiger charge is 2.16. The zero-order valence-corrected chi connectivity index (χ0v) is 15.4. The van der Waals surface area contributed by atoms with Crippen LogP contribution in [0.2, 0.25) is 0 Å². The van der Waals surface area contributed by atoms with E-state index in [1.807, 2.05) is 54.6 Å². The van der Waals surface area contributed by atoms with Gasteiger partial charge >= 0.3 is 0 Å². The molecule has 26 heavy (non-hydrogen) atoms. The van der Waals surface area contributed by atoms with E-state index in [0.717, 1.165) is 5.56 Å². The van der Waals surface area contributed by atoms with E-state index >= 15 is 0 Å². The van der Waals surface area contributed by atoms with Crippen LogP contribution in [0.4, 0.5) is 0 Å². The molecule has 138 valence electrons. The van der Waals surface area contributed by atoms with Gasteiger partial charge in [0.1, 0.15) is 5.75 Å². The molecule has 0 heterocycles. The molecule has 2 N–H and O–H groups in total. The fourth-order valence-corrected chi connectivity index (χ4v) is 2.53. The van der Waals surface area contributed by atoms with Crippen LogP contribution in [0.15, 0.2) is 54.6 Å². The summed E-state index contributed by atoms with van der Waals surface area (Å²) in [6, 6.07) is 17.4. The molecular formula is C21H26N2O3. The first-order chi connectivity index (χ1) is 12.5. The maximum Gasteiger partial charge on any atom is 0.260 e. The second-order valence-electron chi connectivity index (χ2n) is 6.53. The Bertz CT molecular complexity index is 712. The van der Waals surface area contributed by atoms with E-state index in [0.29, 0.717) is 18.2 Å². The molecule has 2 amide bonds. The Labute approximate surface area is 154 Å². The summed E-state index contributed by atoms with van der Waals surface area (Å²) in [5.41, 5.74) is 7.44. The lowest BCUT2D eigenvalue weighted by atomic mass is 10.0. The third-order valence-corrected chi connectivity index (χ3v) is 4.11. The number of hydrogen-bond acceptors (Lipinski definition) is 3. The number of primary amides is 1. The third-order valence-electron chi connectivity index (χ3n) is 4.11. The van der Waals surface area contributed by atoms with Gasteiger partial charge in [-0.25, -0.2) is 0 Å². The van der Waals surface area contributed by atoms with Gasteiger partial charge < -0.3 is 15.4 Å². The van der Waals surface area contributed by atoms with E-state index < -0.39 is 5.91 Å². The van der Waals surface area contributed by atoms with Gasteiger partial charge in [-0.3, -0.25) is 9.59 Å². The molecule has 0 spiro atoms. The van der Waals surface area contributed by atoms with Crippen LogP contribution < -0.4 is 10.5 Å². The Morgan fingerprint density at radius 1 is 1.04 bits per heavy atom. The van der Waals surface area contributed by atoms with Crippen LogP contribution in [0.1, 0.15) is 37.3 Å². The second kappa shape index (κ2) is 9.61. The van der Waals surface area contributed by atoms with E-state index in [-0.39, 0.29) is 25.5 Å². The van der Waals surface area contributed by atoms with E-state index in [1.54, 1.807) is 4.90 Å². The van der Waals surface area contributed by atoms with Gasteiger partial charge in [-0.1, -0.05) is 56.3 Å². The molecule has 5 nitrogen and oxygen atoms in total. The summed E-state index contributed by atoms with van der Waals surface area (Å²) in [6.45, 7) is 4.87. The summed E-state index contributed by atoms with van der Waals surface area (Å²) >= 11 is 0. The number of nitrogens with zero attached hydrogens (tertiary/aromatic N) is 1. The summed E-state index contributed by atoms with van der Waals surface area (Å²) in [4.78, 5) is 25.3. The van der Waals surface area contributed by atoms with E-state index in [9.17, 15) is 9.59 Å². The highest BCUT2D eigenvalue weighted by Crippen LogP contribution is 2.18. The van der Waals surface area contributed by atoms with Crippen molar-refractivity contribution >= 4 is 11.8 Å². The summed E-state index contributed by atoms with van der Waals surface area (Å²) in [7, 11) is 0. The second-order valence-corrected chi connectivity index (χ2v) is 6.53. The molecule has 0 saturated heterocycles. The number of nitrogens with two attached hydrogens (primary N) is 1. The van der Waals surface area contributed by atoms with Gasteiger partial charge in [0.15, 0.2) is 6.61 Å². The van der Waals surface area contributed by atoms with Crippen molar-refractivity contribution in [1.29, 1.82) is 0 Å². The topological polar surface area (TPSA) is 72.6 Å². The van der Waals surface area contributed by atoms with Gasteiger partial charge in [-0.05, 0) is 29.2 Å². The molecule has 0 atom stereocenters. The van der Waals surface area contributed by atoms with Crippen LogP contribution in [0, 0.1) is 0 Å². The van der Waals surface area contributed by atoms with Crippen LogP contribution in [0.3, 0.4) is 0 Å². The zero-order chi connectivity index (χ0) is 18.9. The van der Waals surface area contributed by atoms with E-state index in [1.165, 1.54) is 5.56 Å². The van der Waals surface area contributed by atoms with Crippen molar-refractivity contribution in [1.82, 2.24) is 4.90 Å². The fraction of sp³-hybridized carbons (Fsp3) is 0.333. The third kappa shape index (κ3) is 6.24. The lowest BCUT2D eigenvalue weighted by molar-refractivity contribution is -0.134. The van der Waals surface area contributed by atoms with Gasteiger partial charge in [0.25, 0.3) is 5.91 Å². The van der Waals surface area contributed by atoms with Gasteiger partial charge in [0, 0.05) is 19.5 Å². The monoisotopic (exact) mass is 354 g/mol. The standard InChI is InChI=1S/C21H26N2O3/c1-16(2)18-8-10-19(11-9-18)26-15-21(25)23(13-12-20(22)24)14-17-6-4-3-5-7-17/h3-11,16H,12-15H2,1-2H3,(H2,22,24). The van der Waals surface area contributed by atoms with Crippen LogP contribution in [-0.2, 0) is 16.1 Å². The molecule has 0 unspecified atom stereocenters. The lowest BCUT2D eigenvalue weighted by Gasteiger charge is -2.22. The molecule has 0 aliphatic carbocycles. The Balaban J connectivity index is 1.97. The highest BCUT2D eigenvalue weighted by molar-refractivity contribution is 5.79. The first-order valence-electron chi connectivity index (χ1n) is 8.78. The van der Waals surface area contributed by atoms with Gasteiger partial charge in [-0.15, -0.1) is 0 Å². The molecular weight excluding hydrogens is 328 g/mol. The summed E-state index contributed by atoms with van der Waals surface area (Å²) in [6.07, 6.45) is 0.127. The van der Waals surface area contributed by atoms with Crippen molar-refractivity contribution in [2.24, 2.45) is 5.73 Å². The highest BCUT2D eigenvalue weighted by atomic mass is 16.5. The molecule has 5 heteroatoms. The summed E-state index contributed by atoms with van der Waals surface area (Å²) in [5.74, 6) is 0.488. The Morgan fingerprint density at radius 2 is 1.69 bits per heavy atom. The van der Waals surface area contributed by atoms with Crippen molar-refractivity contribution in [3.63, 3.8) is 0 Å². The minimum absolute atomic E-state index is 0.0768. The summed E-state index contributed by atoms with van der Waals surface area (Å²) in [5, 5.41) is 0. The van der Waals surface area contributed by atoms with Crippen molar-refractivity contribution in [2.75, 3.05) is 13.2 Å². The number of carbonyl (C=O) groups is 2. The van der Waals surface area contributed by atoms with Crippen molar-refractivity contribution < 1.29 is 14.3 Å². The Kier molecular flexibility index (Phi) is 7.21. The minimum Gasteiger partial charge on any atom is -0.484 e. The Hall–Kier alpha value is -2.82. The molecule has 2 aromatic carbocycles. The molecule has 0 radical (unpaired) electrons. The van der Waals surface area contributed by atoms with Crippen molar-refractivity contribution in [3.8, 4) is 5.75 Å². The average Bonchev–Trinajstić information content (AvgIpc) is 2.64. The van der Waals surface area contributed by atoms with E-state index in [4.69, 9.17) is 10.5 Å². The van der Waals surface area contributed by atoms with Crippen LogP contribution in [-0.4, -0.2) is 29.9 Å². The Morgan fingerprint density at radius 3 is 2.27 bits per heavy atom. The van der Waals surface area contributed by atoms with Crippen LogP contribution in [0.25, 0.3) is 0 Å². The number of ether oxygens (including phenoxy) is 1. The number of benzene rings is 2. The number of rotatable bonds is 9. The van der Waals surface area contributed by atoms with Crippen molar-refractivity contribution in [3.05, 3.63) is 65.7 Å². The largest absolute Gasteiger partial charge is 0.484 e.